The highest BCUT2D eigenvalue weighted by Gasteiger charge is 2.11. The first-order valence-corrected chi connectivity index (χ1v) is 8.51. The molecule has 118 valence electrons. The van der Waals surface area contributed by atoms with Crippen LogP contribution in [0.25, 0.3) is 20.7 Å². The van der Waals surface area contributed by atoms with Crippen LogP contribution in [0.1, 0.15) is 11.1 Å². The van der Waals surface area contributed by atoms with Crippen molar-refractivity contribution in [3.05, 3.63) is 82.1 Å². The minimum absolute atomic E-state index is 0.0981. The van der Waals surface area contributed by atoms with E-state index in [1.807, 2.05) is 67.6 Å². The summed E-state index contributed by atoms with van der Waals surface area (Å²) in [6.45, 7) is 2.47. The molecule has 5 heteroatoms. The van der Waals surface area contributed by atoms with Crippen molar-refractivity contribution in [3.63, 3.8) is 0 Å². The van der Waals surface area contributed by atoms with Crippen LogP contribution >= 0.6 is 11.3 Å². The highest BCUT2D eigenvalue weighted by Crippen LogP contribution is 2.30. The molecule has 0 radical (unpaired) electrons. The molecule has 0 aliphatic rings. The first-order chi connectivity index (χ1) is 11.7. The molecule has 0 amide bonds. The Kier molecular flexibility index (Phi) is 3.70. The van der Waals surface area contributed by atoms with Crippen LogP contribution in [0.2, 0.25) is 0 Å². The summed E-state index contributed by atoms with van der Waals surface area (Å²) in [6.07, 6.45) is 0. The van der Waals surface area contributed by atoms with Gasteiger partial charge in [-0.2, -0.15) is 0 Å². The molecule has 4 nitrogen and oxygen atoms in total. The second-order valence-corrected chi connectivity index (χ2v) is 6.76. The van der Waals surface area contributed by atoms with E-state index in [-0.39, 0.29) is 5.56 Å². The van der Waals surface area contributed by atoms with Crippen molar-refractivity contribution in [1.29, 1.82) is 0 Å². The van der Waals surface area contributed by atoms with E-state index in [0.717, 1.165) is 16.0 Å². The molecule has 0 saturated heterocycles. The number of rotatable bonds is 3. The van der Waals surface area contributed by atoms with E-state index in [1.54, 1.807) is 0 Å². The van der Waals surface area contributed by atoms with Gasteiger partial charge in [0.15, 0.2) is 4.83 Å². The van der Waals surface area contributed by atoms with Gasteiger partial charge < -0.3 is 0 Å². The molecule has 0 spiro atoms. The third-order valence-electron chi connectivity index (χ3n) is 3.93. The Bertz CT molecular complexity index is 1050. The summed E-state index contributed by atoms with van der Waals surface area (Å²) in [6, 6.07) is 20.0. The Morgan fingerprint density at radius 2 is 1.79 bits per heavy atom. The van der Waals surface area contributed by atoms with Crippen molar-refractivity contribution in [2.75, 3.05) is 0 Å². The summed E-state index contributed by atoms with van der Waals surface area (Å²) in [7, 11) is 0. The molecule has 24 heavy (non-hydrogen) atoms. The van der Waals surface area contributed by atoms with E-state index in [1.165, 1.54) is 21.6 Å². The zero-order chi connectivity index (χ0) is 16.5. The van der Waals surface area contributed by atoms with Gasteiger partial charge in [0, 0.05) is 4.88 Å². The molecule has 2 heterocycles. The third kappa shape index (κ3) is 2.74. The normalized spacial score (nSPS) is 11.0. The summed E-state index contributed by atoms with van der Waals surface area (Å²) in [5, 5.41) is 8.95. The van der Waals surface area contributed by atoms with Gasteiger partial charge in [-0.25, -0.2) is 4.68 Å². The van der Waals surface area contributed by atoms with Crippen LogP contribution in [-0.2, 0) is 6.54 Å². The van der Waals surface area contributed by atoms with Gasteiger partial charge in [-0.3, -0.25) is 4.79 Å². The Morgan fingerprint density at radius 3 is 2.54 bits per heavy atom. The predicted octanol–water partition coefficient (Wildman–Crippen LogP) is 3.88. The fourth-order valence-corrected chi connectivity index (χ4v) is 3.57. The van der Waals surface area contributed by atoms with Crippen molar-refractivity contribution in [2.24, 2.45) is 0 Å². The summed E-state index contributed by atoms with van der Waals surface area (Å²) >= 11 is 1.49. The lowest BCUT2D eigenvalue weighted by Crippen LogP contribution is -2.24. The summed E-state index contributed by atoms with van der Waals surface area (Å²) < 4.78 is 1.43. The number of benzene rings is 2. The molecule has 0 aliphatic heterocycles. The predicted molar refractivity (Wildman–Crippen MR) is 97.4 cm³/mol. The van der Waals surface area contributed by atoms with E-state index in [0.29, 0.717) is 16.8 Å². The fourth-order valence-electron chi connectivity index (χ4n) is 2.60. The second-order valence-electron chi connectivity index (χ2n) is 5.73. The maximum absolute atomic E-state index is 12.7. The molecule has 0 saturated carbocycles. The fraction of sp³-hybridized carbons (Fsp3) is 0.105. The van der Waals surface area contributed by atoms with Gasteiger partial charge in [0.25, 0.3) is 5.56 Å². The first kappa shape index (κ1) is 14.8. The zero-order valence-electron chi connectivity index (χ0n) is 13.1. The summed E-state index contributed by atoms with van der Waals surface area (Å²) in [5.41, 5.74) is 3.22. The Labute approximate surface area is 143 Å². The van der Waals surface area contributed by atoms with Gasteiger partial charge >= 0.3 is 0 Å². The van der Waals surface area contributed by atoms with Crippen LogP contribution in [0.3, 0.4) is 0 Å². The highest BCUT2D eigenvalue weighted by atomic mass is 32.1. The van der Waals surface area contributed by atoms with Crippen LogP contribution in [0, 0.1) is 6.92 Å². The number of aryl methyl sites for hydroxylation is 1. The second kappa shape index (κ2) is 6.02. The number of hydrogen-bond donors (Lipinski definition) is 0. The van der Waals surface area contributed by atoms with Crippen molar-refractivity contribution in [3.8, 4) is 10.4 Å². The smallest absolute Gasteiger partial charge is 0.267 e. The number of thiophene rings is 1. The van der Waals surface area contributed by atoms with Gasteiger partial charge in [0.05, 0.1) is 11.9 Å². The van der Waals surface area contributed by atoms with E-state index in [2.05, 4.69) is 10.3 Å². The molecule has 4 rings (SSSR count). The van der Waals surface area contributed by atoms with Crippen LogP contribution in [0.15, 0.2) is 65.5 Å². The molecule has 0 N–H and O–H groups in total. The van der Waals surface area contributed by atoms with Gasteiger partial charge in [-0.1, -0.05) is 65.4 Å². The lowest BCUT2D eigenvalue weighted by atomic mass is 10.1. The summed E-state index contributed by atoms with van der Waals surface area (Å²) in [5.74, 6) is 0. The lowest BCUT2D eigenvalue weighted by molar-refractivity contribution is 0.602. The average Bonchev–Trinajstić information content (AvgIpc) is 3.05. The van der Waals surface area contributed by atoms with Crippen molar-refractivity contribution in [1.82, 2.24) is 15.0 Å². The minimum Gasteiger partial charge on any atom is -0.267 e. The molecule has 0 unspecified atom stereocenters. The molecule has 2 aromatic heterocycles. The molecule has 4 aromatic rings. The Hall–Kier alpha value is -2.79. The summed E-state index contributed by atoms with van der Waals surface area (Å²) in [4.78, 5) is 14.4. The van der Waals surface area contributed by atoms with Crippen molar-refractivity contribution in [2.45, 2.75) is 13.5 Å². The first-order valence-electron chi connectivity index (χ1n) is 7.69. The monoisotopic (exact) mass is 333 g/mol. The number of aromatic nitrogens is 3. The van der Waals surface area contributed by atoms with Crippen molar-refractivity contribution < 1.29 is 0 Å². The van der Waals surface area contributed by atoms with Gasteiger partial charge in [-0.05, 0) is 24.1 Å². The van der Waals surface area contributed by atoms with Crippen LogP contribution in [0.4, 0.5) is 0 Å². The van der Waals surface area contributed by atoms with Crippen LogP contribution in [0.5, 0.6) is 0 Å². The third-order valence-corrected chi connectivity index (χ3v) is 5.00. The van der Waals surface area contributed by atoms with Gasteiger partial charge in [-0.15, -0.1) is 16.4 Å². The number of nitrogens with zero attached hydrogens (tertiary/aromatic N) is 3. The number of hydrogen-bond acceptors (Lipinski definition) is 4. The maximum atomic E-state index is 12.7. The topological polar surface area (TPSA) is 47.8 Å². The van der Waals surface area contributed by atoms with E-state index in [9.17, 15) is 4.79 Å². The quantitative estimate of drug-likeness (QED) is 0.572. The maximum Gasteiger partial charge on any atom is 0.278 e. The van der Waals surface area contributed by atoms with Crippen LogP contribution in [-0.4, -0.2) is 15.0 Å². The van der Waals surface area contributed by atoms with Gasteiger partial charge in [0.1, 0.15) is 0 Å². The molecular weight excluding hydrogens is 318 g/mol. The average molecular weight is 333 g/mol. The van der Waals surface area contributed by atoms with E-state index < -0.39 is 0 Å². The standard InChI is InChI=1S/C19H15N3OS/c1-13-7-9-14(10-8-13)12-22-19(23)16-11-17(24-18(16)20-21-22)15-5-3-2-4-6-15/h2-11H,12H2,1H3. The van der Waals surface area contributed by atoms with Gasteiger partial charge in [0.2, 0.25) is 0 Å². The van der Waals surface area contributed by atoms with E-state index in [4.69, 9.17) is 0 Å². The largest absolute Gasteiger partial charge is 0.278 e. The minimum atomic E-state index is -0.0981. The molecule has 0 bridgehead atoms. The molecule has 2 aromatic carbocycles. The Morgan fingerprint density at radius 1 is 1.04 bits per heavy atom. The zero-order valence-corrected chi connectivity index (χ0v) is 14.0. The molecular formula is C19H15N3OS. The van der Waals surface area contributed by atoms with E-state index >= 15 is 0 Å². The number of fused-ring (bicyclic) bond motifs is 1. The van der Waals surface area contributed by atoms with Crippen molar-refractivity contribution >= 4 is 21.6 Å². The highest BCUT2D eigenvalue weighted by molar-refractivity contribution is 7.21. The SMILES string of the molecule is Cc1ccc(Cn2nnc3sc(-c4ccccc4)cc3c2=O)cc1. The molecule has 0 fully saturated rings. The lowest BCUT2D eigenvalue weighted by Gasteiger charge is -2.03. The van der Waals surface area contributed by atoms with Crippen LogP contribution < -0.4 is 5.56 Å². The molecule has 0 aliphatic carbocycles. The Balaban J connectivity index is 1.75. The molecule has 0 atom stereocenters.